The SMILES string of the molecule is C[C@@H]1C[C@H](c2ccc(C3C=N3)c3ncccc23)CN(C(=O)CC2[C@H]3CNC[C@@H]23)C1. The molecule has 3 fully saturated rings. The predicted molar refractivity (Wildman–Crippen MR) is 114 cm³/mol. The average Bonchev–Trinajstić information content (AvgIpc) is 3.64. The van der Waals surface area contributed by atoms with Crippen molar-refractivity contribution in [1.82, 2.24) is 15.2 Å². The lowest BCUT2D eigenvalue weighted by Crippen LogP contribution is -2.43. The maximum Gasteiger partial charge on any atom is 0.222 e. The van der Waals surface area contributed by atoms with Crippen LogP contribution in [-0.2, 0) is 4.79 Å². The molecule has 1 amide bonds. The molecule has 1 aliphatic carbocycles. The summed E-state index contributed by atoms with van der Waals surface area (Å²) in [5.41, 5.74) is 3.62. The van der Waals surface area contributed by atoms with E-state index in [0.717, 1.165) is 56.4 Å². The Labute approximate surface area is 171 Å². The number of carbonyl (C=O) groups is 1. The molecule has 2 unspecified atom stereocenters. The average molecular weight is 389 g/mol. The van der Waals surface area contributed by atoms with Crippen LogP contribution < -0.4 is 5.32 Å². The summed E-state index contributed by atoms with van der Waals surface area (Å²) in [6, 6.07) is 8.89. The van der Waals surface area contributed by atoms with E-state index in [1.807, 2.05) is 18.5 Å². The monoisotopic (exact) mass is 388 g/mol. The van der Waals surface area contributed by atoms with Crippen molar-refractivity contribution in [2.75, 3.05) is 26.2 Å². The molecule has 0 bridgehead atoms. The Morgan fingerprint density at radius 3 is 2.76 bits per heavy atom. The van der Waals surface area contributed by atoms with Gasteiger partial charge in [-0.1, -0.05) is 25.1 Å². The number of benzene rings is 1. The van der Waals surface area contributed by atoms with Gasteiger partial charge in [-0.05, 0) is 54.8 Å². The topological polar surface area (TPSA) is 57.6 Å². The highest BCUT2D eigenvalue weighted by Gasteiger charge is 2.53. The molecule has 2 aromatic rings. The maximum absolute atomic E-state index is 13.1. The zero-order valence-corrected chi connectivity index (χ0v) is 16.9. The highest BCUT2D eigenvalue weighted by molar-refractivity contribution is 5.92. The van der Waals surface area contributed by atoms with Crippen LogP contribution in [0.5, 0.6) is 0 Å². The molecular formula is C24H28N4O. The molecule has 1 saturated carbocycles. The number of piperidine rings is 2. The lowest BCUT2D eigenvalue weighted by atomic mass is 9.83. The lowest BCUT2D eigenvalue weighted by molar-refractivity contribution is -0.133. The van der Waals surface area contributed by atoms with Gasteiger partial charge in [0, 0.05) is 48.8 Å². The van der Waals surface area contributed by atoms with Gasteiger partial charge in [-0.25, -0.2) is 0 Å². The van der Waals surface area contributed by atoms with Gasteiger partial charge >= 0.3 is 0 Å². The number of likely N-dealkylation sites (tertiary alicyclic amines) is 1. The minimum Gasteiger partial charge on any atom is -0.342 e. The van der Waals surface area contributed by atoms with Crippen LogP contribution in [0.3, 0.4) is 0 Å². The van der Waals surface area contributed by atoms with Crippen molar-refractivity contribution in [3.8, 4) is 0 Å². The van der Waals surface area contributed by atoms with E-state index >= 15 is 0 Å². The minimum absolute atomic E-state index is 0.206. The molecule has 1 aromatic carbocycles. The molecule has 5 nitrogen and oxygen atoms in total. The van der Waals surface area contributed by atoms with Crippen LogP contribution >= 0.6 is 0 Å². The maximum atomic E-state index is 13.1. The fourth-order valence-corrected chi connectivity index (χ4v) is 5.98. The van der Waals surface area contributed by atoms with Crippen LogP contribution in [0, 0.1) is 23.7 Å². The summed E-state index contributed by atoms with van der Waals surface area (Å²) in [5.74, 6) is 3.40. The molecule has 29 heavy (non-hydrogen) atoms. The van der Waals surface area contributed by atoms with Crippen molar-refractivity contribution in [1.29, 1.82) is 0 Å². The Morgan fingerprint density at radius 1 is 1.17 bits per heavy atom. The van der Waals surface area contributed by atoms with Gasteiger partial charge in [-0.15, -0.1) is 0 Å². The molecular weight excluding hydrogens is 360 g/mol. The first-order chi connectivity index (χ1) is 14.2. The first-order valence-corrected chi connectivity index (χ1v) is 11.1. The summed E-state index contributed by atoms with van der Waals surface area (Å²) in [6.45, 7) is 6.25. The van der Waals surface area contributed by atoms with Crippen molar-refractivity contribution in [3.05, 3.63) is 41.6 Å². The van der Waals surface area contributed by atoms with Gasteiger partial charge < -0.3 is 10.2 Å². The van der Waals surface area contributed by atoms with Crippen LogP contribution in [0.1, 0.15) is 42.9 Å². The normalized spacial score (nSPS) is 35.0. The number of hydrogen-bond acceptors (Lipinski definition) is 4. The summed E-state index contributed by atoms with van der Waals surface area (Å²) < 4.78 is 0. The number of fused-ring (bicyclic) bond motifs is 2. The molecule has 5 heteroatoms. The van der Waals surface area contributed by atoms with Crippen LogP contribution in [-0.4, -0.2) is 48.2 Å². The van der Waals surface area contributed by atoms with Gasteiger partial charge in [0.05, 0.1) is 5.52 Å². The zero-order valence-electron chi connectivity index (χ0n) is 16.9. The van der Waals surface area contributed by atoms with Gasteiger partial charge in [-0.2, -0.15) is 0 Å². The second kappa shape index (κ2) is 6.63. The van der Waals surface area contributed by atoms with E-state index in [9.17, 15) is 4.79 Å². The molecule has 4 aliphatic rings. The fourth-order valence-electron chi connectivity index (χ4n) is 5.98. The molecule has 150 valence electrons. The Morgan fingerprint density at radius 2 is 1.97 bits per heavy atom. The van der Waals surface area contributed by atoms with Crippen LogP contribution in [0.15, 0.2) is 35.5 Å². The molecule has 0 spiro atoms. The summed E-state index contributed by atoms with van der Waals surface area (Å²) in [7, 11) is 0. The molecule has 3 aliphatic heterocycles. The third-order valence-corrected chi connectivity index (χ3v) is 7.58. The van der Waals surface area contributed by atoms with E-state index in [2.05, 4.69) is 45.3 Å². The number of pyridine rings is 1. The predicted octanol–water partition coefficient (Wildman–Crippen LogP) is 3.17. The Balaban J connectivity index is 1.25. The molecule has 1 N–H and O–H groups in total. The number of hydrogen-bond donors (Lipinski definition) is 1. The van der Waals surface area contributed by atoms with Crippen molar-refractivity contribution in [2.24, 2.45) is 28.7 Å². The number of rotatable bonds is 4. The molecule has 1 aromatic heterocycles. The summed E-state index contributed by atoms with van der Waals surface area (Å²) in [4.78, 5) is 24.3. The van der Waals surface area contributed by atoms with Gasteiger partial charge in [0.25, 0.3) is 0 Å². The van der Waals surface area contributed by atoms with Crippen molar-refractivity contribution >= 4 is 23.0 Å². The second-order valence-corrected chi connectivity index (χ2v) is 9.58. The molecule has 4 heterocycles. The Hall–Kier alpha value is -2.27. The van der Waals surface area contributed by atoms with Gasteiger partial charge in [-0.3, -0.25) is 14.8 Å². The lowest BCUT2D eigenvalue weighted by Gasteiger charge is -2.37. The summed E-state index contributed by atoms with van der Waals surface area (Å²) in [6.07, 6.45) is 5.73. The van der Waals surface area contributed by atoms with Gasteiger partial charge in [0.1, 0.15) is 6.04 Å². The number of aromatic nitrogens is 1. The van der Waals surface area contributed by atoms with E-state index < -0.39 is 0 Å². The number of nitrogens with one attached hydrogen (secondary N) is 1. The van der Waals surface area contributed by atoms with E-state index in [-0.39, 0.29) is 6.04 Å². The molecule has 2 saturated heterocycles. The number of nitrogens with zero attached hydrogens (tertiary/aromatic N) is 3. The molecule has 6 atom stereocenters. The van der Waals surface area contributed by atoms with Gasteiger partial charge in [0.2, 0.25) is 5.91 Å². The quantitative estimate of drug-likeness (QED) is 0.875. The van der Waals surface area contributed by atoms with Crippen LogP contribution in [0.4, 0.5) is 0 Å². The third kappa shape index (κ3) is 3.07. The first kappa shape index (κ1) is 17.6. The first-order valence-electron chi connectivity index (χ1n) is 11.1. The number of amides is 1. The van der Waals surface area contributed by atoms with Crippen molar-refractivity contribution in [3.63, 3.8) is 0 Å². The second-order valence-electron chi connectivity index (χ2n) is 9.58. The molecule has 0 radical (unpaired) electrons. The summed E-state index contributed by atoms with van der Waals surface area (Å²) >= 11 is 0. The van der Waals surface area contributed by atoms with E-state index in [1.54, 1.807) is 0 Å². The standard InChI is InChI=1S/C24H28N4O/c1-14-7-15(13-28(12-14)23(29)8-19-20-9-25-10-21(19)20)16-4-5-18(22-11-27-22)24-17(16)3-2-6-26-24/h2-6,11,14-15,19-22,25H,7-10,12-13H2,1H3/t14-,15+,19?,20-,21+,22?/m1/s1. The highest BCUT2D eigenvalue weighted by atomic mass is 16.2. The van der Waals surface area contributed by atoms with Crippen LogP contribution in [0.2, 0.25) is 0 Å². The Kier molecular flexibility index (Phi) is 4.02. The largest absolute Gasteiger partial charge is 0.342 e. The zero-order chi connectivity index (χ0) is 19.5. The van der Waals surface area contributed by atoms with Gasteiger partial charge in [0.15, 0.2) is 0 Å². The minimum atomic E-state index is 0.206. The smallest absolute Gasteiger partial charge is 0.222 e. The fraction of sp³-hybridized carbons (Fsp3) is 0.542. The van der Waals surface area contributed by atoms with E-state index in [1.165, 1.54) is 16.5 Å². The third-order valence-electron chi connectivity index (χ3n) is 7.58. The number of carbonyl (C=O) groups excluding carboxylic acids is 1. The summed E-state index contributed by atoms with van der Waals surface area (Å²) in [5, 5.41) is 4.67. The number of aliphatic imine (C=N–C) groups is 1. The van der Waals surface area contributed by atoms with Crippen LogP contribution in [0.25, 0.3) is 10.9 Å². The molecule has 6 rings (SSSR count). The van der Waals surface area contributed by atoms with E-state index in [4.69, 9.17) is 0 Å². The van der Waals surface area contributed by atoms with Crippen molar-refractivity contribution < 1.29 is 4.79 Å². The van der Waals surface area contributed by atoms with Crippen molar-refractivity contribution in [2.45, 2.75) is 31.7 Å². The highest BCUT2D eigenvalue weighted by Crippen LogP contribution is 2.51. The van der Waals surface area contributed by atoms with E-state index in [0.29, 0.717) is 23.7 Å². The Bertz CT molecular complexity index is 986.